The van der Waals surface area contributed by atoms with E-state index in [1.54, 1.807) is 0 Å². The molecule has 10 aromatic rings. The highest BCUT2D eigenvalue weighted by Crippen LogP contribution is 2.66. The lowest BCUT2D eigenvalue weighted by atomic mass is 9.65. The highest BCUT2D eigenvalue weighted by atomic mass is 16.5. The molecule has 2 nitrogen and oxygen atoms in total. The molecule has 0 radical (unpaired) electrons. The van der Waals surface area contributed by atoms with Gasteiger partial charge >= 0.3 is 0 Å². The van der Waals surface area contributed by atoms with Gasteiger partial charge in [-0.25, -0.2) is 0 Å². The third kappa shape index (κ3) is 4.64. The van der Waals surface area contributed by atoms with Crippen LogP contribution in [0.5, 0.6) is 11.5 Å². The van der Waals surface area contributed by atoms with Crippen molar-refractivity contribution in [3.8, 4) is 44.9 Å². The lowest BCUT2D eigenvalue weighted by Crippen LogP contribution is -2.32. The van der Waals surface area contributed by atoms with Crippen LogP contribution in [-0.4, -0.2) is 0 Å². The number of benzene rings is 10. The molecule has 0 saturated carbocycles. The second kappa shape index (κ2) is 12.7. The summed E-state index contributed by atoms with van der Waals surface area (Å²) in [7, 11) is 0. The molecular weight excluding hydrogens is 787 g/mol. The zero-order chi connectivity index (χ0) is 43.4. The van der Waals surface area contributed by atoms with Crippen molar-refractivity contribution in [2.24, 2.45) is 0 Å². The topological polar surface area (TPSA) is 12.5 Å². The molecule has 1 heterocycles. The fourth-order valence-corrected chi connectivity index (χ4v) is 12.7. The van der Waals surface area contributed by atoms with Crippen LogP contribution in [0.2, 0.25) is 0 Å². The second-order valence-corrected chi connectivity index (χ2v) is 19.6. The summed E-state index contributed by atoms with van der Waals surface area (Å²) in [5.41, 5.74) is 20.6. The van der Waals surface area contributed by atoms with Gasteiger partial charge < -0.3 is 9.64 Å². The summed E-state index contributed by atoms with van der Waals surface area (Å²) in [6, 6.07) is 75.2. The molecule has 65 heavy (non-hydrogen) atoms. The molecule has 1 spiro atoms. The van der Waals surface area contributed by atoms with Gasteiger partial charge in [0.15, 0.2) is 0 Å². The molecule has 0 bridgehead atoms. The maximum absolute atomic E-state index is 7.30. The Hall–Kier alpha value is -7.68. The summed E-state index contributed by atoms with van der Waals surface area (Å²) in [6.07, 6.45) is 0. The van der Waals surface area contributed by atoms with Gasteiger partial charge in [-0.05, 0) is 102 Å². The first-order valence-electron chi connectivity index (χ1n) is 23.0. The van der Waals surface area contributed by atoms with Crippen molar-refractivity contribution >= 4 is 38.6 Å². The first-order chi connectivity index (χ1) is 31.8. The molecule has 0 aromatic heterocycles. The molecule has 0 N–H and O–H groups in total. The van der Waals surface area contributed by atoms with Crippen LogP contribution < -0.4 is 9.64 Å². The van der Waals surface area contributed by atoms with Crippen molar-refractivity contribution in [3.63, 3.8) is 0 Å². The van der Waals surface area contributed by atoms with Crippen molar-refractivity contribution in [1.29, 1.82) is 0 Å². The number of anilines is 3. The van der Waals surface area contributed by atoms with Crippen LogP contribution in [-0.2, 0) is 16.2 Å². The summed E-state index contributed by atoms with van der Waals surface area (Å²) in [5.74, 6) is 1.85. The van der Waals surface area contributed by atoms with E-state index in [2.05, 4.69) is 233 Å². The van der Waals surface area contributed by atoms with Crippen molar-refractivity contribution in [3.05, 3.63) is 245 Å². The Balaban J connectivity index is 1.09. The van der Waals surface area contributed by atoms with Gasteiger partial charge in [0.05, 0.1) is 11.1 Å². The molecule has 14 rings (SSSR count). The predicted octanol–water partition coefficient (Wildman–Crippen LogP) is 16.5. The summed E-state index contributed by atoms with van der Waals surface area (Å²) >= 11 is 0. The normalized spacial score (nSPS) is 15.6. The van der Waals surface area contributed by atoms with Crippen LogP contribution in [0.1, 0.15) is 72.2 Å². The molecule has 0 fully saturated rings. The predicted molar refractivity (Wildman–Crippen MR) is 269 cm³/mol. The minimum atomic E-state index is -0.660. The zero-order valence-electron chi connectivity index (χ0n) is 36.9. The lowest BCUT2D eigenvalue weighted by Gasteiger charge is -2.40. The molecular formula is C63H45NO. The average Bonchev–Trinajstić information content (AvgIpc) is 3.86. The van der Waals surface area contributed by atoms with Crippen molar-refractivity contribution in [2.45, 2.75) is 43.9 Å². The summed E-state index contributed by atoms with van der Waals surface area (Å²) in [6.45, 7) is 9.47. The quantitative estimate of drug-likeness (QED) is 0.176. The van der Waals surface area contributed by atoms with E-state index < -0.39 is 5.41 Å². The molecule has 308 valence electrons. The van der Waals surface area contributed by atoms with Gasteiger partial charge in [-0.2, -0.15) is 0 Å². The largest absolute Gasteiger partial charge is 0.455 e. The third-order valence-corrected chi connectivity index (χ3v) is 15.7. The van der Waals surface area contributed by atoms with E-state index in [0.717, 1.165) is 39.3 Å². The Kier molecular flexibility index (Phi) is 7.21. The van der Waals surface area contributed by atoms with Crippen LogP contribution >= 0.6 is 0 Å². The maximum Gasteiger partial charge on any atom is 0.140 e. The van der Waals surface area contributed by atoms with Crippen LogP contribution in [0.3, 0.4) is 0 Å². The number of nitrogens with zero attached hydrogens (tertiary/aromatic N) is 1. The standard InChI is InChI=1S/C63H45NO/c1-61(2)49-23-12-9-20-44(49)47-36-40(30-34-51(47)61)64(41-31-35-52-48(37-41)45-21-10-13-24-50(45)62(52,3)4)57-27-15-26-54-58(57)46-22-11-14-25-53(46)63(54)55-32-28-38-16-5-7-18-42(38)59(55)65-60-43-19-8-6-17-39(43)29-33-56(60)63/h5-37H,1-4H3. The van der Waals surface area contributed by atoms with E-state index >= 15 is 0 Å². The molecule has 0 unspecified atom stereocenters. The van der Waals surface area contributed by atoms with Crippen LogP contribution in [0.15, 0.2) is 200 Å². The first kappa shape index (κ1) is 36.8. The summed E-state index contributed by atoms with van der Waals surface area (Å²) in [4.78, 5) is 2.55. The van der Waals surface area contributed by atoms with Crippen LogP contribution in [0.25, 0.3) is 54.9 Å². The van der Waals surface area contributed by atoms with Crippen LogP contribution in [0, 0.1) is 0 Å². The average molecular weight is 832 g/mol. The maximum atomic E-state index is 7.30. The monoisotopic (exact) mass is 831 g/mol. The number of fused-ring (bicyclic) bond motifs is 19. The van der Waals surface area contributed by atoms with E-state index in [1.807, 2.05) is 0 Å². The number of hydrogen-bond acceptors (Lipinski definition) is 2. The van der Waals surface area contributed by atoms with E-state index in [0.29, 0.717) is 0 Å². The SMILES string of the molecule is CC1(C)c2ccccc2-c2cc(N(c3ccc4c(c3)-c3ccccc3C4(C)C)c3cccc4c3-c3ccccc3C43c4ccc5ccccc5c4Oc4c3ccc3ccccc43)ccc21. The highest BCUT2D eigenvalue weighted by Gasteiger charge is 2.53. The van der Waals surface area contributed by atoms with E-state index in [9.17, 15) is 0 Å². The fourth-order valence-electron chi connectivity index (χ4n) is 12.7. The minimum Gasteiger partial charge on any atom is -0.455 e. The second-order valence-electron chi connectivity index (χ2n) is 19.6. The highest BCUT2D eigenvalue weighted by molar-refractivity contribution is 6.03. The smallest absolute Gasteiger partial charge is 0.140 e. The van der Waals surface area contributed by atoms with E-state index in [4.69, 9.17) is 4.74 Å². The third-order valence-electron chi connectivity index (χ3n) is 15.7. The van der Waals surface area contributed by atoms with Gasteiger partial charge in [0.1, 0.15) is 11.5 Å². The molecule has 10 aromatic carbocycles. The van der Waals surface area contributed by atoms with E-state index in [1.165, 1.54) is 88.7 Å². The Labute approximate surface area is 380 Å². The van der Waals surface area contributed by atoms with Gasteiger partial charge in [0.25, 0.3) is 0 Å². The minimum absolute atomic E-state index is 0.102. The van der Waals surface area contributed by atoms with Gasteiger partial charge in [-0.1, -0.05) is 198 Å². The number of hydrogen-bond donors (Lipinski definition) is 0. The number of ether oxygens (including phenoxy) is 1. The van der Waals surface area contributed by atoms with Gasteiger partial charge in [0, 0.05) is 49.7 Å². The molecule has 0 saturated heterocycles. The van der Waals surface area contributed by atoms with Gasteiger partial charge in [-0.3, -0.25) is 0 Å². The molecule has 0 atom stereocenters. The van der Waals surface area contributed by atoms with Crippen molar-refractivity contribution in [1.82, 2.24) is 0 Å². The Morgan fingerprint density at radius 3 is 1.32 bits per heavy atom. The van der Waals surface area contributed by atoms with Crippen molar-refractivity contribution < 1.29 is 4.74 Å². The fraction of sp³-hybridized carbons (Fsp3) is 0.111. The molecule has 0 amide bonds. The summed E-state index contributed by atoms with van der Waals surface area (Å²) in [5, 5.41) is 4.57. The Bertz CT molecular complexity index is 3530. The Morgan fingerprint density at radius 2 is 0.769 bits per heavy atom. The zero-order valence-corrected chi connectivity index (χ0v) is 36.9. The van der Waals surface area contributed by atoms with E-state index in [-0.39, 0.29) is 10.8 Å². The molecule has 2 heteroatoms. The summed E-state index contributed by atoms with van der Waals surface area (Å²) < 4.78 is 7.30. The number of rotatable bonds is 3. The van der Waals surface area contributed by atoms with Gasteiger partial charge in [-0.15, -0.1) is 0 Å². The molecule has 1 aliphatic heterocycles. The van der Waals surface area contributed by atoms with Crippen molar-refractivity contribution in [2.75, 3.05) is 4.90 Å². The van der Waals surface area contributed by atoms with Gasteiger partial charge in [0.2, 0.25) is 0 Å². The van der Waals surface area contributed by atoms with Crippen LogP contribution in [0.4, 0.5) is 17.1 Å². The molecule has 4 aliphatic rings. The lowest BCUT2D eigenvalue weighted by molar-refractivity contribution is 0.447. The Morgan fingerprint density at radius 1 is 0.338 bits per heavy atom. The first-order valence-corrected chi connectivity index (χ1v) is 23.0. The molecule has 3 aliphatic carbocycles.